The highest BCUT2D eigenvalue weighted by Crippen LogP contribution is 2.38. The van der Waals surface area contributed by atoms with Crippen molar-refractivity contribution in [1.82, 2.24) is 0 Å². The van der Waals surface area contributed by atoms with Crippen molar-refractivity contribution >= 4 is 21.4 Å². The van der Waals surface area contributed by atoms with Gasteiger partial charge in [-0.2, -0.15) is 0 Å². The van der Waals surface area contributed by atoms with E-state index in [0.29, 0.717) is 22.3 Å². The molecule has 2 aliphatic carbocycles. The Morgan fingerprint density at radius 2 is 1.20 bits per heavy atom. The number of carbonyl (C=O) groups excluding carboxylic acids is 2. The average molecular weight is 362 g/mol. The first kappa shape index (κ1) is 19.6. The fourth-order valence-electron chi connectivity index (χ4n) is 3.60. The predicted molar refractivity (Wildman–Crippen MR) is 99.9 cm³/mol. The third kappa shape index (κ3) is 3.61. The second kappa shape index (κ2) is 6.87. The van der Waals surface area contributed by atoms with Crippen LogP contribution in [0.15, 0.2) is 47.6 Å². The molecule has 0 aliphatic heterocycles. The van der Waals surface area contributed by atoms with Crippen molar-refractivity contribution in [2.45, 2.75) is 51.0 Å². The Balaban J connectivity index is 2.58. The maximum Gasteiger partial charge on any atom is 0.164 e. The molecule has 2 aliphatic rings. The molecule has 5 heteroatoms. The van der Waals surface area contributed by atoms with Gasteiger partial charge in [0.15, 0.2) is 21.4 Å². The summed E-state index contributed by atoms with van der Waals surface area (Å²) in [4.78, 5) is 24.1. The Bertz CT molecular complexity index is 749. The minimum absolute atomic E-state index is 0.0403. The normalized spacial score (nSPS) is 30.6. The molecule has 0 aromatic heterocycles. The first-order chi connectivity index (χ1) is 11.5. The van der Waals surface area contributed by atoms with Crippen LogP contribution < -0.4 is 0 Å². The number of hydrogen-bond donors (Lipinski definition) is 0. The molecule has 0 radical (unpaired) electrons. The highest BCUT2D eigenvalue weighted by Gasteiger charge is 2.45. The van der Waals surface area contributed by atoms with Crippen LogP contribution in [0.4, 0.5) is 0 Å². The van der Waals surface area contributed by atoms with Crippen LogP contribution in [0.3, 0.4) is 0 Å². The lowest BCUT2D eigenvalue weighted by molar-refractivity contribution is -0.117. The maximum absolute atomic E-state index is 13.5. The van der Waals surface area contributed by atoms with Crippen LogP contribution in [0.25, 0.3) is 0 Å². The molecule has 4 unspecified atom stereocenters. The van der Waals surface area contributed by atoms with Gasteiger partial charge in [0, 0.05) is 24.7 Å². The summed E-state index contributed by atoms with van der Waals surface area (Å²) in [7, 11) is -3.67. The van der Waals surface area contributed by atoms with Crippen molar-refractivity contribution in [1.29, 1.82) is 0 Å². The number of sulfone groups is 1. The lowest BCUT2D eigenvalue weighted by Crippen LogP contribution is -2.44. The molecule has 0 saturated heterocycles. The van der Waals surface area contributed by atoms with Gasteiger partial charge in [0.05, 0.1) is 10.5 Å². The topological polar surface area (TPSA) is 68.3 Å². The number of carbonyl (C=O) groups is 2. The van der Waals surface area contributed by atoms with Crippen molar-refractivity contribution in [2.24, 2.45) is 11.8 Å². The van der Waals surface area contributed by atoms with E-state index in [1.165, 1.54) is 0 Å². The third-order valence-electron chi connectivity index (χ3n) is 5.34. The van der Waals surface area contributed by atoms with Crippen LogP contribution in [-0.4, -0.2) is 30.5 Å². The molecule has 136 valence electrons. The summed E-state index contributed by atoms with van der Waals surface area (Å²) in [5.41, 5.74) is 2.33. The van der Waals surface area contributed by atoms with Gasteiger partial charge in [-0.15, -0.1) is 0 Å². The molecule has 4 nitrogen and oxygen atoms in total. The molecule has 0 aromatic rings. The zero-order valence-corrected chi connectivity index (χ0v) is 16.2. The van der Waals surface area contributed by atoms with Gasteiger partial charge < -0.3 is 0 Å². The van der Waals surface area contributed by atoms with Crippen LogP contribution in [0.2, 0.25) is 0 Å². The summed E-state index contributed by atoms with van der Waals surface area (Å²) in [6.07, 6.45) is 3.45. The molecule has 0 spiro atoms. The Morgan fingerprint density at radius 3 is 1.48 bits per heavy atom. The van der Waals surface area contributed by atoms with Crippen LogP contribution in [-0.2, 0) is 19.4 Å². The van der Waals surface area contributed by atoms with Crippen molar-refractivity contribution in [3.05, 3.63) is 47.6 Å². The van der Waals surface area contributed by atoms with Crippen LogP contribution in [0.1, 0.15) is 40.5 Å². The molecule has 0 saturated carbocycles. The first-order valence-electron chi connectivity index (χ1n) is 8.43. The monoisotopic (exact) mass is 362 g/mol. The molecule has 25 heavy (non-hydrogen) atoms. The lowest BCUT2D eigenvalue weighted by atomic mass is 9.84. The van der Waals surface area contributed by atoms with Crippen LogP contribution >= 0.6 is 0 Å². The minimum atomic E-state index is -3.67. The predicted octanol–water partition coefficient (Wildman–Crippen LogP) is 3.36. The van der Waals surface area contributed by atoms with Crippen LogP contribution in [0.5, 0.6) is 0 Å². The molecule has 0 aromatic carbocycles. The molecule has 0 bridgehead atoms. The molecule has 2 rings (SSSR count). The Morgan fingerprint density at radius 1 is 0.880 bits per heavy atom. The average Bonchev–Trinajstić information content (AvgIpc) is 2.51. The summed E-state index contributed by atoms with van der Waals surface area (Å²) in [6.45, 7) is 14.6. The first-order valence-corrected chi connectivity index (χ1v) is 10.0. The fourth-order valence-corrected chi connectivity index (χ4v) is 6.33. The van der Waals surface area contributed by atoms with Crippen molar-refractivity contribution in [3.8, 4) is 0 Å². The smallest absolute Gasteiger partial charge is 0.164 e. The number of hydrogen-bond acceptors (Lipinski definition) is 4. The van der Waals surface area contributed by atoms with E-state index in [1.54, 1.807) is 39.8 Å². The lowest BCUT2D eigenvalue weighted by Gasteiger charge is -2.35. The van der Waals surface area contributed by atoms with Crippen molar-refractivity contribution in [3.63, 3.8) is 0 Å². The Hall–Kier alpha value is -1.75. The van der Waals surface area contributed by atoms with Gasteiger partial charge in [-0.1, -0.05) is 36.5 Å². The standard InChI is InChI=1S/C20H26O4S/c1-11(2)15-9-17(21)13(5)7-19(15)25(23,24)20-8-14(6)18(22)10-16(20)12(3)4/h7-8,15-16,19-20H,1,3,9-10H2,2,4-6H3. The Kier molecular flexibility index (Phi) is 5.38. The van der Waals surface area contributed by atoms with Crippen LogP contribution in [0, 0.1) is 11.8 Å². The van der Waals surface area contributed by atoms with E-state index in [1.807, 2.05) is 0 Å². The van der Waals surface area contributed by atoms with E-state index < -0.39 is 32.2 Å². The van der Waals surface area contributed by atoms with Gasteiger partial charge in [-0.05, 0) is 38.8 Å². The van der Waals surface area contributed by atoms with E-state index in [-0.39, 0.29) is 24.4 Å². The van der Waals surface area contributed by atoms with Crippen molar-refractivity contribution in [2.75, 3.05) is 0 Å². The number of ketones is 2. The van der Waals surface area contributed by atoms with Crippen molar-refractivity contribution < 1.29 is 18.0 Å². The number of allylic oxidation sites excluding steroid dienone is 4. The minimum Gasteiger partial charge on any atom is -0.295 e. The second-order valence-corrected chi connectivity index (χ2v) is 9.64. The molecule has 0 fully saturated rings. The zero-order chi connectivity index (χ0) is 19.1. The van der Waals surface area contributed by atoms with E-state index in [4.69, 9.17) is 0 Å². The molecule has 0 N–H and O–H groups in total. The summed E-state index contributed by atoms with van der Waals surface area (Å²) in [5, 5.41) is -1.60. The second-order valence-electron chi connectivity index (χ2n) is 7.38. The molecule has 0 heterocycles. The summed E-state index contributed by atoms with van der Waals surface area (Å²) < 4.78 is 27.0. The highest BCUT2D eigenvalue weighted by atomic mass is 32.2. The fraction of sp³-hybridized carbons (Fsp3) is 0.500. The highest BCUT2D eigenvalue weighted by molar-refractivity contribution is 7.93. The van der Waals surface area contributed by atoms with E-state index >= 15 is 0 Å². The SMILES string of the molecule is C=C(C)C1CC(=O)C(C)=CC1S(=O)(=O)C1C=C(C)C(=O)CC1C(=C)C. The third-order valence-corrected chi connectivity index (χ3v) is 7.78. The Labute approximate surface area is 150 Å². The van der Waals surface area contributed by atoms with E-state index in [9.17, 15) is 18.0 Å². The van der Waals surface area contributed by atoms with Gasteiger partial charge in [0.1, 0.15) is 0 Å². The summed E-state index contributed by atoms with van der Waals surface area (Å²) >= 11 is 0. The maximum atomic E-state index is 13.5. The van der Waals surface area contributed by atoms with Gasteiger partial charge >= 0.3 is 0 Å². The molecular weight excluding hydrogens is 336 g/mol. The molecule has 0 amide bonds. The van der Waals surface area contributed by atoms with Gasteiger partial charge in [0.2, 0.25) is 0 Å². The van der Waals surface area contributed by atoms with Gasteiger partial charge in [-0.25, -0.2) is 8.42 Å². The number of rotatable bonds is 4. The quantitative estimate of drug-likeness (QED) is 0.719. The van der Waals surface area contributed by atoms with Gasteiger partial charge in [-0.3, -0.25) is 9.59 Å². The molecule has 4 atom stereocenters. The summed E-state index contributed by atoms with van der Waals surface area (Å²) in [6, 6.07) is 0. The molecular formula is C20H26O4S. The van der Waals surface area contributed by atoms with E-state index in [0.717, 1.165) is 0 Å². The largest absolute Gasteiger partial charge is 0.295 e. The van der Waals surface area contributed by atoms with Gasteiger partial charge in [0.25, 0.3) is 0 Å². The summed E-state index contributed by atoms with van der Waals surface area (Å²) in [5.74, 6) is -0.945. The number of Topliss-reactive ketones (excluding diaryl/α,β-unsaturated/α-hetero) is 2. The van der Waals surface area contributed by atoms with E-state index in [2.05, 4.69) is 13.2 Å². The zero-order valence-electron chi connectivity index (χ0n) is 15.3.